The van der Waals surface area contributed by atoms with Gasteiger partial charge < -0.3 is 24.8 Å². The molecule has 0 N–H and O–H groups in total. The van der Waals surface area contributed by atoms with Crippen molar-refractivity contribution in [1.29, 1.82) is 0 Å². The maximum atomic E-state index is 2.39. The van der Waals surface area contributed by atoms with Gasteiger partial charge in [-0.2, -0.15) is 0 Å². The van der Waals surface area contributed by atoms with Gasteiger partial charge in [0.25, 0.3) is 0 Å². The van der Waals surface area contributed by atoms with Gasteiger partial charge >= 0.3 is 233 Å². The molecule has 0 aromatic rings. The molecule has 0 heterocycles. The molecule has 2 rings (SSSR count). The zero-order chi connectivity index (χ0) is 25.5. The van der Waals surface area contributed by atoms with Gasteiger partial charge in [0.1, 0.15) is 0 Å². The number of unbranched alkanes of at least 4 members (excludes halogenated alkanes) is 6. The second-order valence-electron chi connectivity index (χ2n) is 11.2. The van der Waals surface area contributed by atoms with Crippen LogP contribution < -0.4 is 24.8 Å². The maximum absolute atomic E-state index is 2.39. The summed E-state index contributed by atoms with van der Waals surface area (Å²) in [6.45, 7) is 14.3. The summed E-state index contributed by atoms with van der Waals surface area (Å²) in [7, 11) is 0. The van der Waals surface area contributed by atoms with Crippen LogP contribution in [0.25, 0.3) is 0 Å². The molecule has 0 aromatic carbocycles. The molecule has 0 nitrogen and oxygen atoms in total. The number of rotatable bonds is 20. The van der Waals surface area contributed by atoms with E-state index in [9.17, 15) is 0 Å². The number of allylic oxidation sites excluding steroid dienone is 8. The maximum Gasteiger partial charge on any atom is -1.00 e. The van der Waals surface area contributed by atoms with Crippen LogP contribution in [0.1, 0.15) is 170 Å². The fraction of sp³-hybridized carbons (Fsp3) is 0.765. The summed E-state index contributed by atoms with van der Waals surface area (Å²) in [6.07, 6.45) is 27.3. The van der Waals surface area contributed by atoms with Gasteiger partial charge in [0.15, 0.2) is 0 Å². The third-order valence-electron chi connectivity index (χ3n) is 8.16. The average molecular weight is 629 g/mol. The molecule has 212 valence electrons. The molecule has 0 saturated carbocycles. The predicted molar refractivity (Wildman–Crippen MR) is 154 cm³/mol. The molecule has 0 unspecified atom stereocenters. The van der Waals surface area contributed by atoms with Gasteiger partial charge in [-0.25, -0.2) is 0 Å². The first kappa shape index (κ1) is 37.4. The Balaban J connectivity index is 0.00000648. The normalized spacial score (nSPS) is 15.5. The van der Waals surface area contributed by atoms with Crippen LogP contribution in [0, 0.1) is 0 Å². The van der Waals surface area contributed by atoms with E-state index in [1.165, 1.54) is 128 Å². The van der Waals surface area contributed by atoms with Crippen molar-refractivity contribution >= 4 is 0 Å². The van der Waals surface area contributed by atoms with E-state index in [-0.39, 0.29) is 24.8 Å². The first-order valence-corrected chi connectivity index (χ1v) is 18.2. The standard InChI is InChI=1S/2C17H29.2ClH.Zr/c2*1-4-7-10-15-13-16(11-8-5-2)17(14-15)12-9-6-3;;;/h2*4-13H2,1-3H3;2*1H;/q;;;;+2/p-2. The minimum atomic E-state index is -0.778. The fourth-order valence-electron chi connectivity index (χ4n) is 5.91. The van der Waals surface area contributed by atoms with E-state index in [2.05, 4.69) is 41.5 Å². The molecular weight excluding hydrogens is 571 g/mol. The van der Waals surface area contributed by atoms with Gasteiger partial charge in [0, 0.05) is 0 Å². The van der Waals surface area contributed by atoms with Crippen LogP contribution in [0.3, 0.4) is 0 Å². The van der Waals surface area contributed by atoms with Crippen LogP contribution in [0.15, 0.2) is 40.0 Å². The minimum absolute atomic E-state index is 0. The van der Waals surface area contributed by atoms with E-state index >= 15 is 0 Å². The number of halogens is 2. The van der Waals surface area contributed by atoms with Crippen LogP contribution in [-0.4, -0.2) is 0 Å². The Kier molecular flexibility index (Phi) is 22.4. The molecular formula is C34H58Cl2Zr. The first-order valence-electron chi connectivity index (χ1n) is 15.8. The summed E-state index contributed by atoms with van der Waals surface area (Å²) in [5.74, 6) is 0. The minimum Gasteiger partial charge on any atom is -1.00 e. The molecule has 0 aromatic heterocycles. The quantitative estimate of drug-likeness (QED) is 0.152. The van der Waals surface area contributed by atoms with Crippen molar-refractivity contribution in [3.63, 3.8) is 0 Å². The van der Waals surface area contributed by atoms with Crippen molar-refractivity contribution in [2.24, 2.45) is 0 Å². The summed E-state index contributed by atoms with van der Waals surface area (Å²) < 4.78 is 3.99. The van der Waals surface area contributed by atoms with Gasteiger partial charge in [0.05, 0.1) is 0 Å². The Bertz CT molecular complexity index is 705. The molecule has 0 spiro atoms. The second kappa shape index (κ2) is 22.2. The van der Waals surface area contributed by atoms with E-state index in [0.29, 0.717) is 0 Å². The fourth-order valence-corrected chi connectivity index (χ4v) is 10.7. The number of hydrogen-bond acceptors (Lipinski definition) is 0. The Morgan fingerprint density at radius 1 is 0.405 bits per heavy atom. The zero-order valence-corrected chi connectivity index (χ0v) is 29.4. The van der Waals surface area contributed by atoms with Gasteiger partial charge in [-0.05, 0) is 0 Å². The van der Waals surface area contributed by atoms with Crippen molar-refractivity contribution < 1.29 is 48.0 Å². The van der Waals surface area contributed by atoms with E-state index in [0.717, 1.165) is 0 Å². The summed E-state index contributed by atoms with van der Waals surface area (Å²) in [4.78, 5) is 0. The van der Waals surface area contributed by atoms with Gasteiger partial charge in [0.2, 0.25) is 0 Å². The molecule has 2 aliphatic carbocycles. The molecule has 37 heavy (non-hydrogen) atoms. The zero-order valence-electron chi connectivity index (χ0n) is 25.4. The SMILES string of the molecule is CCCCC1=C(CCCC)[C]([Zr+2][C]2=C(CCCC)CC(CCCC)=C2CCCC)=C(CCCC)C1.[Cl-].[Cl-]. The Morgan fingerprint density at radius 2 is 0.676 bits per heavy atom. The van der Waals surface area contributed by atoms with E-state index in [4.69, 9.17) is 0 Å². The van der Waals surface area contributed by atoms with Crippen LogP contribution >= 0.6 is 0 Å². The Hall–Kier alpha value is 0.423. The second-order valence-corrected chi connectivity index (χ2v) is 14.3. The Labute approximate surface area is 256 Å². The largest absolute Gasteiger partial charge is 1.00 e. The summed E-state index contributed by atoms with van der Waals surface area (Å²) in [5, 5.41) is 0. The van der Waals surface area contributed by atoms with E-state index in [1.54, 1.807) is 0 Å². The van der Waals surface area contributed by atoms with Crippen molar-refractivity contribution in [1.82, 2.24) is 0 Å². The summed E-state index contributed by atoms with van der Waals surface area (Å²) in [5.41, 5.74) is 11.4. The molecule has 3 heteroatoms. The molecule has 0 saturated heterocycles. The summed E-state index contributed by atoms with van der Waals surface area (Å²) >= 11 is -0.778. The van der Waals surface area contributed by atoms with Gasteiger partial charge in [-0.3, -0.25) is 0 Å². The van der Waals surface area contributed by atoms with Crippen LogP contribution in [-0.2, 0) is 23.2 Å². The van der Waals surface area contributed by atoms with Crippen LogP contribution in [0.5, 0.6) is 0 Å². The average Bonchev–Trinajstić information content (AvgIpc) is 3.37. The monoisotopic (exact) mass is 626 g/mol. The third kappa shape index (κ3) is 11.8. The third-order valence-corrected chi connectivity index (χ3v) is 12.6. The molecule has 2 aliphatic rings. The number of hydrogen-bond donors (Lipinski definition) is 0. The Morgan fingerprint density at radius 3 is 0.973 bits per heavy atom. The molecule has 0 radical (unpaired) electrons. The smallest absolute Gasteiger partial charge is 1.00 e. The molecule has 0 atom stereocenters. The van der Waals surface area contributed by atoms with E-state index < -0.39 is 23.2 Å². The topological polar surface area (TPSA) is 0 Å². The van der Waals surface area contributed by atoms with Gasteiger partial charge in [-0.15, -0.1) is 0 Å². The summed E-state index contributed by atoms with van der Waals surface area (Å²) in [6, 6.07) is 0. The van der Waals surface area contributed by atoms with Crippen molar-refractivity contribution in [2.75, 3.05) is 0 Å². The van der Waals surface area contributed by atoms with Gasteiger partial charge in [-0.1, -0.05) is 0 Å². The predicted octanol–water partition coefficient (Wildman–Crippen LogP) is 6.13. The van der Waals surface area contributed by atoms with Crippen molar-refractivity contribution in [2.45, 2.75) is 170 Å². The van der Waals surface area contributed by atoms with E-state index in [1.807, 2.05) is 40.0 Å². The molecule has 0 aliphatic heterocycles. The van der Waals surface area contributed by atoms with Crippen molar-refractivity contribution in [3.8, 4) is 0 Å². The molecule has 0 fully saturated rings. The van der Waals surface area contributed by atoms with Crippen molar-refractivity contribution in [3.05, 3.63) is 40.0 Å². The van der Waals surface area contributed by atoms with Crippen LogP contribution in [0.2, 0.25) is 0 Å². The first-order chi connectivity index (χ1) is 17.1. The molecule has 0 bridgehead atoms. The molecule has 0 amide bonds. The van der Waals surface area contributed by atoms with Crippen LogP contribution in [0.4, 0.5) is 0 Å².